The molecule has 0 saturated carbocycles. The van der Waals surface area contributed by atoms with Gasteiger partial charge in [0.25, 0.3) is 0 Å². The lowest BCUT2D eigenvalue weighted by atomic mass is 10.1. The lowest BCUT2D eigenvalue weighted by Crippen LogP contribution is -2.09. The number of benzene rings is 1. The molecule has 0 N–H and O–H groups in total. The minimum Gasteiger partial charge on any atom is -0.466 e. The minimum absolute atomic E-state index is 0.215. The number of hydrogen-bond acceptors (Lipinski definition) is 3. The van der Waals surface area contributed by atoms with Crippen LogP contribution in [-0.2, 0) is 16.0 Å². The van der Waals surface area contributed by atoms with Crippen LogP contribution in [0, 0.1) is 13.8 Å². The zero-order valence-electron chi connectivity index (χ0n) is 12.1. The summed E-state index contributed by atoms with van der Waals surface area (Å²) >= 11 is 12.0. The topological polar surface area (TPSA) is 44.1 Å². The Bertz CT molecular complexity index is 681. The summed E-state index contributed by atoms with van der Waals surface area (Å²) in [6.45, 7) is 5.95. The first-order valence-corrected chi connectivity index (χ1v) is 7.35. The molecule has 0 aliphatic heterocycles. The number of ether oxygens (including phenoxy) is 1. The summed E-state index contributed by atoms with van der Waals surface area (Å²) in [6, 6.07) is 5.31. The molecule has 0 bridgehead atoms. The van der Waals surface area contributed by atoms with Gasteiger partial charge in [0.1, 0.15) is 0 Å². The molecule has 4 nitrogen and oxygen atoms in total. The van der Waals surface area contributed by atoms with Gasteiger partial charge in [-0.2, -0.15) is 5.10 Å². The van der Waals surface area contributed by atoms with Crippen molar-refractivity contribution in [3.05, 3.63) is 45.2 Å². The molecule has 0 unspecified atom stereocenters. The fraction of sp³-hybridized carbons (Fsp3) is 0.333. The first kappa shape index (κ1) is 15.9. The second-order valence-corrected chi connectivity index (χ2v) is 5.46. The van der Waals surface area contributed by atoms with E-state index in [-0.39, 0.29) is 12.4 Å². The van der Waals surface area contributed by atoms with E-state index < -0.39 is 0 Å². The molecule has 1 aromatic carbocycles. The number of aryl methyl sites for hydroxylation is 1. The molecule has 0 saturated heterocycles. The van der Waals surface area contributed by atoms with Crippen LogP contribution in [-0.4, -0.2) is 22.4 Å². The summed E-state index contributed by atoms with van der Waals surface area (Å²) < 4.78 is 6.75. The van der Waals surface area contributed by atoms with E-state index in [2.05, 4.69) is 5.10 Å². The normalized spacial score (nSPS) is 10.7. The third-order valence-electron chi connectivity index (χ3n) is 3.22. The van der Waals surface area contributed by atoms with Crippen LogP contribution in [0.15, 0.2) is 18.2 Å². The highest BCUT2D eigenvalue weighted by molar-refractivity contribution is 6.42. The van der Waals surface area contributed by atoms with Crippen molar-refractivity contribution in [2.45, 2.75) is 27.2 Å². The molecule has 112 valence electrons. The standard InChI is InChI=1S/C15H16Cl2N2O2/c1-4-21-15(20)8-12-9(2)18-19(10(12)3)11-5-6-13(16)14(17)7-11/h5-7H,4,8H2,1-3H3. The summed E-state index contributed by atoms with van der Waals surface area (Å²) in [5.74, 6) is -0.252. The maximum absolute atomic E-state index is 11.7. The zero-order chi connectivity index (χ0) is 15.6. The molecule has 2 aromatic rings. The van der Waals surface area contributed by atoms with Crippen LogP contribution >= 0.6 is 23.2 Å². The van der Waals surface area contributed by atoms with Crippen molar-refractivity contribution in [3.63, 3.8) is 0 Å². The van der Waals surface area contributed by atoms with E-state index >= 15 is 0 Å². The van der Waals surface area contributed by atoms with Crippen LogP contribution in [0.3, 0.4) is 0 Å². The van der Waals surface area contributed by atoms with Crippen LogP contribution < -0.4 is 0 Å². The molecule has 0 spiro atoms. The average molecular weight is 327 g/mol. The monoisotopic (exact) mass is 326 g/mol. The Labute approximate surface area is 133 Å². The Kier molecular flexibility index (Phi) is 4.91. The van der Waals surface area contributed by atoms with Gasteiger partial charge in [-0.15, -0.1) is 0 Å². The van der Waals surface area contributed by atoms with Crippen LogP contribution in [0.2, 0.25) is 10.0 Å². The summed E-state index contributed by atoms with van der Waals surface area (Å²) in [5, 5.41) is 5.43. The van der Waals surface area contributed by atoms with E-state index in [1.54, 1.807) is 23.7 Å². The van der Waals surface area contributed by atoms with E-state index in [0.29, 0.717) is 16.7 Å². The molecule has 0 amide bonds. The van der Waals surface area contributed by atoms with E-state index in [0.717, 1.165) is 22.6 Å². The Hall–Kier alpha value is -1.52. The Balaban J connectivity index is 2.38. The molecule has 6 heteroatoms. The van der Waals surface area contributed by atoms with E-state index in [9.17, 15) is 4.79 Å². The molecule has 1 aromatic heterocycles. The number of aromatic nitrogens is 2. The molecule has 0 aliphatic carbocycles. The van der Waals surface area contributed by atoms with Gasteiger partial charge in [-0.25, -0.2) is 4.68 Å². The number of hydrogen-bond donors (Lipinski definition) is 0. The van der Waals surface area contributed by atoms with Crippen molar-refractivity contribution in [1.29, 1.82) is 0 Å². The molecular weight excluding hydrogens is 311 g/mol. The number of halogens is 2. The molecule has 0 atom stereocenters. The van der Waals surface area contributed by atoms with Crippen LogP contribution in [0.4, 0.5) is 0 Å². The Morgan fingerprint density at radius 1 is 1.29 bits per heavy atom. The van der Waals surface area contributed by atoms with Gasteiger partial charge in [0.15, 0.2) is 0 Å². The van der Waals surface area contributed by atoms with E-state index in [4.69, 9.17) is 27.9 Å². The first-order chi connectivity index (χ1) is 9.93. The van der Waals surface area contributed by atoms with Crippen LogP contribution in [0.5, 0.6) is 0 Å². The van der Waals surface area contributed by atoms with Crippen molar-refractivity contribution in [2.24, 2.45) is 0 Å². The molecule has 0 fully saturated rings. The predicted octanol–water partition coefficient (Wildman–Crippen LogP) is 3.90. The molecule has 0 radical (unpaired) electrons. The van der Waals surface area contributed by atoms with Crippen molar-refractivity contribution in [3.8, 4) is 5.69 Å². The maximum Gasteiger partial charge on any atom is 0.310 e. The van der Waals surface area contributed by atoms with Crippen molar-refractivity contribution >= 4 is 29.2 Å². The van der Waals surface area contributed by atoms with Gasteiger partial charge in [-0.05, 0) is 39.0 Å². The van der Waals surface area contributed by atoms with E-state index in [1.807, 2.05) is 19.9 Å². The number of carbonyl (C=O) groups excluding carboxylic acids is 1. The summed E-state index contributed by atoms with van der Waals surface area (Å²) in [7, 11) is 0. The number of nitrogens with zero attached hydrogens (tertiary/aromatic N) is 2. The fourth-order valence-corrected chi connectivity index (χ4v) is 2.45. The molecule has 1 heterocycles. The van der Waals surface area contributed by atoms with E-state index in [1.165, 1.54) is 0 Å². The summed E-state index contributed by atoms with van der Waals surface area (Å²) in [6.07, 6.45) is 0.215. The van der Waals surface area contributed by atoms with Crippen molar-refractivity contribution < 1.29 is 9.53 Å². The minimum atomic E-state index is -0.252. The molecule has 0 aliphatic rings. The van der Waals surface area contributed by atoms with Gasteiger partial charge in [-0.1, -0.05) is 23.2 Å². The number of esters is 1. The number of carbonyl (C=O) groups is 1. The zero-order valence-corrected chi connectivity index (χ0v) is 13.6. The summed E-state index contributed by atoms with van der Waals surface area (Å²) in [5.41, 5.74) is 3.37. The lowest BCUT2D eigenvalue weighted by Gasteiger charge is -2.07. The van der Waals surface area contributed by atoms with Crippen LogP contribution in [0.1, 0.15) is 23.9 Å². The van der Waals surface area contributed by atoms with Gasteiger partial charge in [0.2, 0.25) is 0 Å². The highest BCUT2D eigenvalue weighted by Crippen LogP contribution is 2.26. The van der Waals surface area contributed by atoms with Gasteiger partial charge in [0.05, 0.1) is 34.5 Å². The highest BCUT2D eigenvalue weighted by atomic mass is 35.5. The largest absolute Gasteiger partial charge is 0.466 e. The Morgan fingerprint density at radius 3 is 2.62 bits per heavy atom. The maximum atomic E-state index is 11.7. The van der Waals surface area contributed by atoms with Gasteiger partial charge < -0.3 is 4.74 Å². The van der Waals surface area contributed by atoms with Gasteiger partial charge >= 0.3 is 5.97 Å². The van der Waals surface area contributed by atoms with Gasteiger partial charge in [-0.3, -0.25) is 4.79 Å². The smallest absolute Gasteiger partial charge is 0.310 e. The predicted molar refractivity (Wildman–Crippen MR) is 83.4 cm³/mol. The van der Waals surface area contributed by atoms with Crippen LogP contribution in [0.25, 0.3) is 5.69 Å². The Morgan fingerprint density at radius 2 is 2.00 bits per heavy atom. The third kappa shape index (κ3) is 3.39. The van der Waals surface area contributed by atoms with Crippen molar-refractivity contribution in [2.75, 3.05) is 6.61 Å². The second-order valence-electron chi connectivity index (χ2n) is 4.64. The fourth-order valence-electron chi connectivity index (χ4n) is 2.16. The molecule has 21 heavy (non-hydrogen) atoms. The lowest BCUT2D eigenvalue weighted by molar-refractivity contribution is -0.142. The molecular formula is C15H16Cl2N2O2. The quantitative estimate of drug-likeness (QED) is 0.800. The SMILES string of the molecule is CCOC(=O)Cc1c(C)nn(-c2ccc(Cl)c(Cl)c2)c1C. The van der Waals surface area contributed by atoms with Crippen molar-refractivity contribution in [1.82, 2.24) is 9.78 Å². The average Bonchev–Trinajstić information content (AvgIpc) is 2.70. The third-order valence-corrected chi connectivity index (χ3v) is 3.95. The second kappa shape index (κ2) is 6.50. The summed E-state index contributed by atoms with van der Waals surface area (Å²) in [4.78, 5) is 11.7. The highest BCUT2D eigenvalue weighted by Gasteiger charge is 2.16. The molecule has 2 rings (SSSR count). The van der Waals surface area contributed by atoms with Gasteiger partial charge in [0, 0.05) is 11.3 Å². The number of rotatable bonds is 4. The first-order valence-electron chi connectivity index (χ1n) is 6.60.